The molecule has 0 aliphatic rings. The van der Waals surface area contributed by atoms with Gasteiger partial charge in [-0.3, -0.25) is 14.9 Å². The SMILES string of the molecule is CC(C)(C)CC(Br)CNC(=O)c1cc(Cl)cc([N+](=O)[O-])c1. The molecule has 0 heterocycles. The van der Waals surface area contributed by atoms with Crippen LogP contribution in [-0.2, 0) is 0 Å². The van der Waals surface area contributed by atoms with Gasteiger partial charge in [0.25, 0.3) is 11.6 Å². The minimum absolute atomic E-state index is 0.135. The summed E-state index contributed by atoms with van der Waals surface area (Å²) in [6.45, 7) is 6.78. The van der Waals surface area contributed by atoms with Crippen LogP contribution >= 0.6 is 27.5 Å². The van der Waals surface area contributed by atoms with Crippen molar-refractivity contribution in [2.75, 3.05) is 6.54 Å². The second kappa shape index (κ2) is 7.22. The van der Waals surface area contributed by atoms with Gasteiger partial charge in [-0.25, -0.2) is 0 Å². The fraction of sp³-hybridized carbons (Fsp3) is 0.500. The van der Waals surface area contributed by atoms with Gasteiger partial charge in [-0.2, -0.15) is 0 Å². The van der Waals surface area contributed by atoms with Gasteiger partial charge in [0.15, 0.2) is 0 Å². The van der Waals surface area contributed by atoms with E-state index in [9.17, 15) is 14.9 Å². The molecule has 116 valence electrons. The van der Waals surface area contributed by atoms with Crippen LogP contribution in [-0.4, -0.2) is 22.2 Å². The number of halogens is 2. The number of hydrogen-bond donors (Lipinski definition) is 1. The molecule has 0 bridgehead atoms. The van der Waals surface area contributed by atoms with E-state index < -0.39 is 4.92 Å². The Bertz CT molecular complexity index is 544. The fourth-order valence-corrected chi connectivity index (χ4v) is 3.22. The molecular formula is C14H18BrClN2O3. The molecule has 0 fully saturated rings. The first-order valence-corrected chi connectivity index (χ1v) is 7.75. The molecule has 0 radical (unpaired) electrons. The van der Waals surface area contributed by atoms with Crippen LogP contribution in [0.25, 0.3) is 0 Å². The van der Waals surface area contributed by atoms with E-state index in [1.807, 2.05) is 0 Å². The topological polar surface area (TPSA) is 72.2 Å². The number of alkyl halides is 1. The van der Waals surface area contributed by atoms with Gasteiger partial charge in [0.1, 0.15) is 0 Å². The normalized spacial score (nSPS) is 12.8. The summed E-state index contributed by atoms with van der Waals surface area (Å²) in [6, 6.07) is 3.84. The van der Waals surface area contributed by atoms with Gasteiger partial charge in [0.2, 0.25) is 0 Å². The van der Waals surface area contributed by atoms with Crippen molar-refractivity contribution in [2.45, 2.75) is 32.0 Å². The van der Waals surface area contributed by atoms with E-state index in [1.165, 1.54) is 18.2 Å². The van der Waals surface area contributed by atoms with Crippen molar-refractivity contribution in [1.29, 1.82) is 0 Å². The largest absolute Gasteiger partial charge is 0.351 e. The molecule has 0 aromatic heterocycles. The quantitative estimate of drug-likeness (QED) is 0.475. The van der Waals surface area contributed by atoms with Crippen molar-refractivity contribution < 1.29 is 9.72 Å². The summed E-state index contributed by atoms with van der Waals surface area (Å²) in [6.07, 6.45) is 0.892. The van der Waals surface area contributed by atoms with Crippen LogP contribution in [0.1, 0.15) is 37.6 Å². The highest BCUT2D eigenvalue weighted by molar-refractivity contribution is 9.09. The van der Waals surface area contributed by atoms with Crippen molar-refractivity contribution in [3.63, 3.8) is 0 Å². The zero-order valence-electron chi connectivity index (χ0n) is 12.2. The van der Waals surface area contributed by atoms with Gasteiger partial charge >= 0.3 is 0 Å². The average molecular weight is 378 g/mol. The number of rotatable bonds is 5. The number of hydrogen-bond acceptors (Lipinski definition) is 3. The third kappa shape index (κ3) is 6.44. The Hall–Kier alpha value is -1.14. The van der Waals surface area contributed by atoms with Crippen LogP contribution in [0.15, 0.2) is 18.2 Å². The Morgan fingerprint density at radius 2 is 2.05 bits per heavy atom. The zero-order valence-corrected chi connectivity index (χ0v) is 14.5. The molecule has 0 aliphatic heterocycles. The molecule has 1 rings (SSSR count). The van der Waals surface area contributed by atoms with Crippen molar-refractivity contribution in [3.05, 3.63) is 38.9 Å². The number of amides is 1. The molecule has 21 heavy (non-hydrogen) atoms. The summed E-state index contributed by atoms with van der Waals surface area (Å²) in [4.78, 5) is 22.3. The van der Waals surface area contributed by atoms with Crippen LogP contribution in [0.3, 0.4) is 0 Å². The van der Waals surface area contributed by atoms with Crippen LogP contribution < -0.4 is 5.32 Å². The smallest absolute Gasteiger partial charge is 0.271 e. The van der Waals surface area contributed by atoms with Crippen LogP contribution in [0.5, 0.6) is 0 Å². The van der Waals surface area contributed by atoms with Crippen molar-refractivity contribution in [3.8, 4) is 0 Å². The lowest BCUT2D eigenvalue weighted by atomic mass is 9.90. The average Bonchev–Trinajstić information content (AvgIpc) is 2.33. The van der Waals surface area contributed by atoms with Gasteiger partial charge in [0, 0.05) is 34.1 Å². The summed E-state index contributed by atoms with van der Waals surface area (Å²) in [7, 11) is 0. The lowest BCUT2D eigenvalue weighted by Gasteiger charge is -2.22. The van der Waals surface area contributed by atoms with Crippen LogP contribution in [0.4, 0.5) is 5.69 Å². The van der Waals surface area contributed by atoms with E-state index in [4.69, 9.17) is 11.6 Å². The monoisotopic (exact) mass is 376 g/mol. The molecule has 0 saturated heterocycles. The summed E-state index contributed by atoms with van der Waals surface area (Å²) in [5.41, 5.74) is 0.135. The number of carbonyl (C=O) groups is 1. The maximum Gasteiger partial charge on any atom is 0.271 e. The summed E-state index contributed by atoms with van der Waals surface area (Å²) >= 11 is 9.31. The summed E-state index contributed by atoms with van der Waals surface area (Å²) < 4.78 is 0. The number of nitro groups is 1. The Morgan fingerprint density at radius 3 is 2.57 bits per heavy atom. The molecule has 5 nitrogen and oxygen atoms in total. The third-order valence-corrected chi connectivity index (χ3v) is 3.54. The van der Waals surface area contributed by atoms with E-state index in [2.05, 4.69) is 42.0 Å². The van der Waals surface area contributed by atoms with E-state index >= 15 is 0 Å². The molecule has 1 N–H and O–H groups in total. The Balaban J connectivity index is 2.70. The second-order valence-corrected chi connectivity index (χ2v) is 7.76. The van der Waals surface area contributed by atoms with Crippen LogP contribution in [0, 0.1) is 15.5 Å². The van der Waals surface area contributed by atoms with Gasteiger partial charge in [0.05, 0.1) is 4.92 Å². The van der Waals surface area contributed by atoms with E-state index in [0.29, 0.717) is 6.54 Å². The maximum absolute atomic E-state index is 12.0. The molecular weight excluding hydrogens is 360 g/mol. The number of nitro benzene ring substituents is 1. The van der Waals surface area contributed by atoms with Crippen molar-refractivity contribution >= 4 is 39.1 Å². The molecule has 1 aromatic carbocycles. The first kappa shape index (κ1) is 17.9. The fourth-order valence-electron chi connectivity index (χ4n) is 1.85. The minimum Gasteiger partial charge on any atom is -0.351 e. The summed E-state index contributed by atoms with van der Waals surface area (Å²) in [5.74, 6) is -0.376. The number of nitrogens with one attached hydrogen (secondary N) is 1. The Morgan fingerprint density at radius 1 is 1.43 bits per heavy atom. The predicted octanol–water partition coefficient (Wildman–Crippen LogP) is 4.18. The van der Waals surface area contributed by atoms with E-state index in [1.54, 1.807) is 0 Å². The van der Waals surface area contributed by atoms with Gasteiger partial charge in [-0.15, -0.1) is 0 Å². The standard InChI is InChI=1S/C14H18BrClN2O3/c1-14(2,3)7-10(15)8-17-13(19)9-4-11(16)6-12(5-9)18(20)21/h4-6,10H,7-8H2,1-3H3,(H,17,19). The zero-order chi connectivity index (χ0) is 16.2. The maximum atomic E-state index is 12.0. The third-order valence-electron chi connectivity index (χ3n) is 2.67. The first-order chi connectivity index (χ1) is 9.58. The number of non-ortho nitro benzene ring substituents is 1. The van der Waals surface area contributed by atoms with Crippen molar-refractivity contribution in [2.24, 2.45) is 5.41 Å². The molecule has 1 amide bonds. The van der Waals surface area contributed by atoms with Gasteiger partial charge in [-0.1, -0.05) is 48.3 Å². The minimum atomic E-state index is -0.574. The molecule has 7 heteroatoms. The molecule has 0 spiro atoms. The lowest BCUT2D eigenvalue weighted by molar-refractivity contribution is -0.384. The first-order valence-electron chi connectivity index (χ1n) is 6.46. The van der Waals surface area contributed by atoms with Crippen molar-refractivity contribution in [1.82, 2.24) is 5.32 Å². The summed E-state index contributed by atoms with van der Waals surface area (Å²) in [5, 5.41) is 13.7. The second-order valence-electron chi connectivity index (χ2n) is 6.03. The Labute approximate surface area is 137 Å². The molecule has 0 aliphatic carbocycles. The Kier molecular flexibility index (Phi) is 6.16. The predicted molar refractivity (Wildman–Crippen MR) is 87.2 cm³/mol. The van der Waals surface area contributed by atoms with E-state index in [0.717, 1.165) is 6.42 Å². The molecule has 1 unspecified atom stereocenters. The molecule has 1 atom stereocenters. The number of nitrogens with zero attached hydrogens (tertiary/aromatic N) is 1. The molecule has 1 aromatic rings. The van der Waals surface area contributed by atoms with E-state index in [-0.39, 0.29) is 32.4 Å². The highest BCUT2D eigenvalue weighted by Gasteiger charge is 2.18. The highest BCUT2D eigenvalue weighted by Crippen LogP contribution is 2.24. The van der Waals surface area contributed by atoms with Crippen LogP contribution in [0.2, 0.25) is 5.02 Å². The number of carbonyl (C=O) groups excluding carboxylic acids is 1. The van der Waals surface area contributed by atoms with Gasteiger partial charge in [-0.05, 0) is 17.9 Å². The van der Waals surface area contributed by atoms with Gasteiger partial charge < -0.3 is 5.32 Å². The lowest BCUT2D eigenvalue weighted by Crippen LogP contribution is -2.31. The molecule has 0 saturated carbocycles. The highest BCUT2D eigenvalue weighted by atomic mass is 79.9. The number of benzene rings is 1.